The van der Waals surface area contributed by atoms with Crippen LogP contribution in [0.2, 0.25) is 10.0 Å². The second kappa shape index (κ2) is 8.30. The van der Waals surface area contributed by atoms with Crippen molar-refractivity contribution < 1.29 is 19.4 Å². The molecule has 1 amide bonds. The number of pyridine rings is 1. The fraction of sp³-hybridized carbons (Fsp3) is 0.381. The van der Waals surface area contributed by atoms with Gasteiger partial charge in [0, 0.05) is 29.5 Å². The number of ether oxygens (including phenoxy) is 1. The third kappa shape index (κ3) is 4.55. The van der Waals surface area contributed by atoms with Gasteiger partial charge in [-0.1, -0.05) is 35.3 Å². The van der Waals surface area contributed by atoms with Crippen molar-refractivity contribution in [2.24, 2.45) is 5.92 Å². The maximum Gasteiger partial charge on any atom is 0.306 e. The van der Waals surface area contributed by atoms with Crippen LogP contribution in [0.4, 0.5) is 0 Å². The van der Waals surface area contributed by atoms with Gasteiger partial charge in [0.05, 0.1) is 17.5 Å². The standard InChI is InChI=1S/C21H20Cl2N2O4/c22-15-5-3-13(4-6-15)19-20(14-7-16(23)10-24-9-14)29-17(8-18(26)27)21(28)25(19)11-12-1-2-12/h3-7,9-10,12,17,19-20H,1-2,8,11H2,(H,26,27)/t17-,19+,20+/m0/s1. The summed E-state index contributed by atoms with van der Waals surface area (Å²) in [4.78, 5) is 30.4. The summed E-state index contributed by atoms with van der Waals surface area (Å²) in [6.45, 7) is 0.566. The molecule has 1 saturated carbocycles. The van der Waals surface area contributed by atoms with E-state index in [9.17, 15) is 14.7 Å². The Balaban J connectivity index is 1.78. The number of aromatic nitrogens is 1. The van der Waals surface area contributed by atoms with Crippen LogP contribution in [-0.2, 0) is 14.3 Å². The Labute approximate surface area is 178 Å². The highest BCUT2D eigenvalue weighted by Gasteiger charge is 2.46. The summed E-state index contributed by atoms with van der Waals surface area (Å²) in [6, 6.07) is 8.59. The zero-order valence-corrected chi connectivity index (χ0v) is 17.0. The Morgan fingerprint density at radius 1 is 1.14 bits per heavy atom. The minimum atomic E-state index is -1.08. The van der Waals surface area contributed by atoms with Crippen LogP contribution >= 0.6 is 23.2 Å². The molecule has 2 heterocycles. The first-order valence-corrected chi connectivity index (χ1v) is 10.2. The molecule has 0 spiro atoms. The van der Waals surface area contributed by atoms with E-state index in [0.29, 0.717) is 28.1 Å². The number of carbonyl (C=O) groups excluding carboxylic acids is 1. The summed E-state index contributed by atoms with van der Waals surface area (Å²) in [5, 5.41) is 10.3. The Hall–Kier alpha value is -2.15. The number of rotatable bonds is 6. The van der Waals surface area contributed by atoms with Gasteiger partial charge in [0.15, 0.2) is 0 Å². The number of aliphatic carboxylic acids is 1. The van der Waals surface area contributed by atoms with Crippen LogP contribution in [0.15, 0.2) is 42.7 Å². The molecule has 1 aromatic heterocycles. The van der Waals surface area contributed by atoms with Crippen LogP contribution < -0.4 is 0 Å². The van der Waals surface area contributed by atoms with Crippen molar-refractivity contribution in [3.05, 3.63) is 63.9 Å². The molecule has 29 heavy (non-hydrogen) atoms. The van der Waals surface area contributed by atoms with Crippen molar-refractivity contribution in [2.75, 3.05) is 6.54 Å². The minimum absolute atomic E-state index is 0.300. The predicted octanol–water partition coefficient (Wildman–Crippen LogP) is 4.28. The zero-order valence-electron chi connectivity index (χ0n) is 15.5. The van der Waals surface area contributed by atoms with Crippen LogP contribution in [0, 0.1) is 5.92 Å². The molecule has 0 radical (unpaired) electrons. The van der Waals surface area contributed by atoms with E-state index in [2.05, 4.69) is 4.98 Å². The monoisotopic (exact) mass is 434 g/mol. The van der Waals surface area contributed by atoms with Crippen LogP contribution in [0.3, 0.4) is 0 Å². The fourth-order valence-corrected chi connectivity index (χ4v) is 4.04. The van der Waals surface area contributed by atoms with Gasteiger partial charge in [-0.05, 0) is 42.5 Å². The van der Waals surface area contributed by atoms with E-state index in [0.717, 1.165) is 18.4 Å². The van der Waals surface area contributed by atoms with Crippen LogP contribution in [0.1, 0.15) is 42.5 Å². The van der Waals surface area contributed by atoms with Gasteiger partial charge in [-0.2, -0.15) is 0 Å². The largest absolute Gasteiger partial charge is 0.481 e. The molecule has 2 aliphatic rings. The highest BCUT2D eigenvalue weighted by Crippen LogP contribution is 2.45. The number of carbonyl (C=O) groups is 2. The Morgan fingerprint density at radius 2 is 1.86 bits per heavy atom. The average Bonchev–Trinajstić information content (AvgIpc) is 3.49. The van der Waals surface area contributed by atoms with E-state index in [1.54, 1.807) is 29.3 Å². The maximum atomic E-state index is 13.2. The first-order chi connectivity index (χ1) is 13.9. The molecule has 6 nitrogen and oxygen atoms in total. The number of carboxylic acid groups (broad SMARTS) is 1. The van der Waals surface area contributed by atoms with Gasteiger partial charge in [0.25, 0.3) is 5.91 Å². The van der Waals surface area contributed by atoms with E-state index in [-0.39, 0.29) is 5.91 Å². The summed E-state index contributed by atoms with van der Waals surface area (Å²) in [7, 11) is 0. The van der Waals surface area contributed by atoms with Crippen LogP contribution in [0.25, 0.3) is 0 Å². The summed E-state index contributed by atoms with van der Waals surface area (Å²) >= 11 is 12.2. The number of benzene rings is 1. The van der Waals surface area contributed by atoms with Gasteiger partial charge in [0.2, 0.25) is 0 Å². The van der Waals surface area contributed by atoms with E-state index < -0.39 is 30.6 Å². The van der Waals surface area contributed by atoms with Gasteiger partial charge < -0.3 is 14.7 Å². The number of carboxylic acids is 1. The van der Waals surface area contributed by atoms with E-state index >= 15 is 0 Å². The molecule has 1 saturated heterocycles. The number of halogens is 2. The molecule has 2 aromatic rings. The Morgan fingerprint density at radius 3 is 2.48 bits per heavy atom. The van der Waals surface area contributed by atoms with Crippen molar-refractivity contribution in [3.63, 3.8) is 0 Å². The molecule has 2 fully saturated rings. The smallest absolute Gasteiger partial charge is 0.306 e. The third-order valence-electron chi connectivity index (χ3n) is 5.27. The number of amides is 1. The third-order valence-corrected chi connectivity index (χ3v) is 5.73. The Bertz CT molecular complexity index is 917. The summed E-state index contributed by atoms with van der Waals surface area (Å²) in [6.07, 6.45) is 3.24. The van der Waals surface area contributed by atoms with E-state index in [1.165, 1.54) is 6.20 Å². The topological polar surface area (TPSA) is 79.7 Å². The number of nitrogens with zero attached hydrogens (tertiary/aromatic N) is 2. The average molecular weight is 435 g/mol. The minimum Gasteiger partial charge on any atom is -0.481 e. The quantitative estimate of drug-likeness (QED) is 0.733. The molecule has 4 rings (SSSR count). The predicted molar refractivity (Wildman–Crippen MR) is 108 cm³/mol. The van der Waals surface area contributed by atoms with Crippen molar-refractivity contribution in [2.45, 2.75) is 37.5 Å². The molecule has 1 aliphatic carbocycles. The second-order valence-corrected chi connectivity index (χ2v) is 8.38. The van der Waals surface area contributed by atoms with E-state index in [1.807, 2.05) is 12.1 Å². The lowest BCUT2D eigenvalue weighted by molar-refractivity contribution is -0.179. The molecular formula is C21H20Cl2N2O4. The fourth-order valence-electron chi connectivity index (χ4n) is 3.73. The number of hydrogen-bond acceptors (Lipinski definition) is 4. The normalized spacial score (nSPS) is 24.6. The molecular weight excluding hydrogens is 415 g/mol. The van der Waals surface area contributed by atoms with Crippen molar-refractivity contribution >= 4 is 35.1 Å². The summed E-state index contributed by atoms with van der Waals surface area (Å²) in [5.41, 5.74) is 1.56. The van der Waals surface area contributed by atoms with Gasteiger partial charge in [-0.15, -0.1) is 0 Å². The first-order valence-electron chi connectivity index (χ1n) is 9.46. The molecule has 1 N–H and O–H groups in total. The molecule has 1 aliphatic heterocycles. The van der Waals surface area contributed by atoms with Crippen molar-refractivity contribution in [3.8, 4) is 0 Å². The zero-order chi connectivity index (χ0) is 20.5. The van der Waals surface area contributed by atoms with Crippen LogP contribution in [0.5, 0.6) is 0 Å². The SMILES string of the molecule is O=C(O)C[C@@H]1O[C@H](c2cncc(Cl)c2)[C@@H](c2ccc(Cl)cc2)N(CC2CC2)C1=O. The summed E-state index contributed by atoms with van der Waals surface area (Å²) in [5.74, 6) is -0.955. The van der Waals surface area contributed by atoms with Gasteiger partial charge in [-0.3, -0.25) is 14.6 Å². The number of morpholine rings is 1. The lowest BCUT2D eigenvalue weighted by atomic mass is 9.91. The van der Waals surface area contributed by atoms with Crippen molar-refractivity contribution in [1.82, 2.24) is 9.88 Å². The molecule has 152 valence electrons. The second-order valence-electron chi connectivity index (χ2n) is 7.51. The molecule has 3 atom stereocenters. The maximum absolute atomic E-state index is 13.2. The first kappa shape index (κ1) is 20.1. The van der Waals surface area contributed by atoms with Gasteiger partial charge in [-0.25, -0.2) is 0 Å². The highest BCUT2D eigenvalue weighted by molar-refractivity contribution is 6.30. The lowest BCUT2D eigenvalue weighted by Crippen LogP contribution is -2.52. The number of hydrogen-bond donors (Lipinski definition) is 1. The summed E-state index contributed by atoms with van der Waals surface area (Å²) < 4.78 is 6.08. The van der Waals surface area contributed by atoms with E-state index in [4.69, 9.17) is 27.9 Å². The van der Waals surface area contributed by atoms with Gasteiger partial charge >= 0.3 is 5.97 Å². The van der Waals surface area contributed by atoms with Crippen LogP contribution in [-0.4, -0.2) is 39.5 Å². The van der Waals surface area contributed by atoms with Crippen molar-refractivity contribution in [1.29, 1.82) is 0 Å². The highest BCUT2D eigenvalue weighted by atomic mass is 35.5. The lowest BCUT2D eigenvalue weighted by Gasteiger charge is -2.44. The molecule has 1 aromatic carbocycles. The Kier molecular flexibility index (Phi) is 5.76. The molecule has 0 bridgehead atoms. The molecule has 8 heteroatoms. The molecule has 0 unspecified atom stereocenters. The van der Waals surface area contributed by atoms with Gasteiger partial charge in [0.1, 0.15) is 12.2 Å².